The number of nitrogens with zero attached hydrogens (tertiary/aromatic N) is 4. The Morgan fingerprint density at radius 2 is 2.24 bits per heavy atom. The predicted molar refractivity (Wildman–Crippen MR) is 80.3 cm³/mol. The molecule has 21 heavy (non-hydrogen) atoms. The molecule has 6 nitrogen and oxygen atoms in total. The van der Waals surface area contributed by atoms with E-state index >= 15 is 0 Å². The molecule has 2 aromatic heterocycles. The van der Waals surface area contributed by atoms with E-state index in [2.05, 4.69) is 31.7 Å². The van der Waals surface area contributed by atoms with Gasteiger partial charge in [0.1, 0.15) is 11.5 Å². The van der Waals surface area contributed by atoms with Crippen molar-refractivity contribution in [1.82, 2.24) is 30.3 Å². The van der Waals surface area contributed by atoms with Crippen molar-refractivity contribution in [2.75, 3.05) is 6.54 Å². The van der Waals surface area contributed by atoms with Gasteiger partial charge in [-0.15, -0.1) is 5.10 Å². The highest BCUT2D eigenvalue weighted by molar-refractivity contribution is 5.77. The Hall–Kier alpha value is -2.21. The Morgan fingerprint density at radius 1 is 1.29 bits per heavy atom. The molecule has 0 spiro atoms. The molecule has 0 radical (unpaired) electrons. The van der Waals surface area contributed by atoms with Crippen LogP contribution in [0, 0.1) is 6.92 Å². The molecule has 4 rings (SSSR count). The summed E-state index contributed by atoms with van der Waals surface area (Å²) in [6.07, 6.45) is 5.66. The lowest BCUT2D eigenvalue weighted by Crippen LogP contribution is -2.27. The van der Waals surface area contributed by atoms with Gasteiger partial charge in [-0.3, -0.25) is 0 Å². The van der Waals surface area contributed by atoms with Crippen molar-refractivity contribution in [3.63, 3.8) is 0 Å². The third-order valence-corrected chi connectivity index (χ3v) is 4.03. The molecule has 0 bridgehead atoms. The van der Waals surface area contributed by atoms with Gasteiger partial charge in [0, 0.05) is 0 Å². The van der Waals surface area contributed by atoms with Crippen LogP contribution in [0.25, 0.3) is 16.7 Å². The molecule has 2 N–H and O–H groups in total. The molecule has 1 fully saturated rings. The van der Waals surface area contributed by atoms with E-state index in [0.717, 1.165) is 41.2 Å². The number of fused-ring (bicyclic) bond motifs is 1. The van der Waals surface area contributed by atoms with E-state index in [1.54, 1.807) is 0 Å². The fourth-order valence-electron chi connectivity index (χ4n) is 2.93. The Morgan fingerprint density at radius 3 is 3.10 bits per heavy atom. The molecule has 0 aliphatic carbocycles. The molecule has 1 aliphatic rings. The number of hydrogen-bond acceptors (Lipinski definition) is 4. The molecule has 1 aliphatic heterocycles. The third kappa shape index (κ3) is 2.31. The van der Waals surface area contributed by atoms with Crippen LogP contribution in [0.4, 0.5) is 0 Å². The van der Waals surface area contributed by atoms with Gasteiger partial charge in [-0.05, 0) is 44.5 Å². The lowest BCUT2D eigenvalue weighted by molar-refractivity contribution is 0.405. The van der Waals surface area contributed by atoms with Crippen molar-refractivity contribution in [3.8, 4) is 5.69 Å². The highest BCUT2D eigenvalue weighted by Crippen LogP contribution is 2.22. The van der Waals surface area contributed by atoms with Crippen molar-refractivity contribution in [3.05, 3.63) is 35.9 Å². The molecular weight excluding hydrogens is 264 g/mol. The van der Waals surface area contributed by atoms with Gasteiger partial charge in [0.15, 0.2) is 0 Å². The monoisotopic (exact) mass is 282 g/mol. The van der Waals surface area contributed by atoms with Crippen LogP contribution in [0.15, 0.2) is 24.4 Å². The van der Waals surface area contributed by atoms with Crippen LogP contribution < -0.4 is 5.32 Å². The Balaban J connectivity index is 1.66. The largest absolute Gasteiger partial charge is 0.342 e. The summed E-state index contributed by atoms with van der Waals surface area (Å²) in [7, 11) is 0. The van der Waals surface area contributed by atoms with E-state index in [-0.39, 0.29) is 0 Å². The molecule has 1 saturated heterocycles. The number of piperidine rings is 1. The SMILES string of the molecule is Cc1nc2ccc(-n3cc(C4CCCCN4)nn3)cc2[nH]1. The van der Waals surface area contributed by atoms with Crippen LogP contribution in [0.2, 0.25) is 0 Å². The van der Waals surface area contributed by atoms with Gasteiger partial charge >= 0.3 is 0 Å². The van der Waals surface area contributed by atoms with Gasteiger partial charge in [-0.2, -0.15) is 0 Å². The highest BCUT2D eigenvalue weighted by atomic mass is 15.4. The van der Waals surface area contributed by atoms with Crippen LogP contribution in [0.1, 0.15) is 36.8 Å². The summed E-state index contributed by atoms with van der Waals surface area (Å²) in [5, 5.41) is 12.1. The molecule has 1 aromatic carbocycles. The minimum absolute atomic E-state index is 0.339. The topological polar surface area (TPSA) is 71.4 Å². The van der Waals surface area contributed by atoms with E-state index in [4.69, 9.17) is 0 Å². The van der Waals surface area contributed by atoms with Gasteiger partial charge in [0.2, 0.25) is 0 Å². The number of aryl methyl sites for hydroxylation is 1. The number of benzene rings is 1. The molecule has 0 saturated carbocycles. The molecule has 0 amide bonds. The summed E-state index contributed by atoms with van der Waals surface area (Å²) in [6, 6.07) is 6.43. The second-order valence-corrected chi connectivity index (χ2v) is 5.61. The molecule has 3 heterocycles. The number of hydrogen-bond donors (Lipinski definition) is 2. The molecular formula is C15H18N6. The fraction of sp³-hybridized carbons (Fsp3) is 0.400. The van der Waals surface area contributed by atoms with Crippen LogP contribution in [0.5, 0.6) is 0 Å². The maximum Gasteiger partial charge on any atom is 0.104 e. The summed E-state index contributed by atoms with van der Waals surface area (Å²) in [5.41, 5.74) is 4.03. The average Bonchev–Trinajstić information content (AvgIpc) is 3.12. The van der Waals surface area contributed by atoms with Crippen molar-refractivity contribution in [2.45, 2.75) is 32.2 Å². The average molecular weight is 282 g/mol. The van der Waals surface area contributed by atoms with Crippen LogP contribution in [-0.2, 0) is 0 Å². The number of H-pyrrole nitrogens is 1. The number of nitrogens with one attached hydrogen (secondary N) is 2. The minimum atomic E-state index is 0.339. The van der Waals surface area contributed by atoms with Gasteiger partial charge in [0.25, 0.3) is 0 Å². The molecule has 108 valence electrons. The summed E-state index contributed by atoms with van der Waals surface area (Å²) in [5.74, 6) is 0.924. The molecule has 1 unspecified atom stereocenters. The van der Waals surface area contributed by atoms with Crippen molar-refractivity contribution in [1.29, 1.82) is 0 Å². The lowest BCUT2D eigenvalue weighted by Gasteiger charge is -2.20. The fourth-order valence-corrected chi connectivity index (χ4v) is 2.93. The zero-order valence-electron chi connectivity index (χ0n) is 12.0. The quantitative estimate of drug-likeness (QED) is 0.756. The van der Waals surface area contributed by atoms with E-state index in [1.807, 2.05) is 29.9 Å². The van der Waals surface area contributed by atoms with Gasteiger partial charge in [-0.25, -0.2) is 9.67 Å². The number of aromatic nitrogens is 5. The number of imidazole rings is 1. The normalized spacial score (nSPS) is 19.2. The second kappa shape index (κ2) is 4.96. The maximum absolute atomic E-state index is 4.42. The van der Waals surface area contributed by atoms with Crippen molar-refractivity contribution < 1.29 is 0 Å². The smallest absolute Gasteiger partial charge is 0.104 e. The predicted octanol–water partition coefficient (Wildman–Crippen LogP) is 2.27. The number of aromatic amines is 1. The Kier molecular flexibility index (Phi) is 2.96. The van der Waals surface area contributed by atoms with Crippen LogP contribution in [0.3, 0.4) is 0 Å². The zero-order chi connectivity index (χ0) is 14.2. The van der Waals surface area contributed by atoms with Crippen molar-refractivity contribution >= 4 is 11.0 Å². The minimum Gasteiger partial charge on any atom is -0.342 e. The first kappa shape index (κ1) is 12.5. The molecule has 6 heteroatoms. The van der Waals surface area contributed by atoms with Gasteiger partial charge < -0.3 is 10.3 Å². The van der Waals surface area contributed by atoms with E-state index < -0.39 is 0 Å². The Bertz CT molecular complexity index is 765. The van der Waals surface area contributed by atoms with E-state index in [1.165, 1.54) is 12.8 Å². The third-order valence-electron chi connectivity index (χ3n) is 4.03. The van der Waals surface area contributed by atoms with Crippen LogP contribution >= 0.6 is 0 Å². The first-order valence-electron chi connectivity index (χ1n) is 7.42. The molecule has 3 aromatic rings. The lowest BCUT2D eigenvalue weighted by atomic mass is 10.0. The number of rotatable bonds is 2. The summed E-state index contributed by atoms with van der Waals surface area (Å²) >= 11 is 0. The molecule has 1 atom stereocenters. The Labute approximate surface area is 122 Å². The summed E-state index contributed by atoms with van der Waals surface area (Å²) in [4.78, 5) is 7.67. The van der Waals surface area contributed by atoms with Gasteiger partial charge in [-0.1, -0.05) is 11.6 Å². The standard InChI is InChI=1S/C15H18N6/c1-10-17-13-6-5-11(8-14(13)18-10)21-9-15(19-20-21)12-4-2-3-7-16-12/h5-6,8-9,12,16H,2-4,7H2,1H3,(H,17,18). The second-order valence-electron chi connectivity index (χ2n) is 5.61. The van der Waals surface area contributed by atoms with Gasteiger partial charge in [0.05, 0.1) is 29.0 Å². The summed E-state index contributed by atoms with van der Waals surface area (Å²) < 4.78 is 1.83. The first-order valence-corrected chi connectivity index (χ1v) is 7.42. The van der Waals surface area contributed by atoms with Crippen LogP contribution in [-0.4, -0.2) is 31.5 Å². The van der Waals surface area contributed by atoms with E-state index in [0.29, 0.717) is 6.04 Å². The zero-order valence-corrected chi connectivity index (χ0v) is 12.0. The summed E-state index contributed by atoms with van der Waals surface area (Å²) in [6.45, 7) is 3.03. The first-order chi connectivity index (χ1) is 10.3. The van der Waals surface area contributed by atoms with Crippen molar-refractivity contribution in [2.24, 2.45) is 0 Å². The maximum atomic E-state index is 4.42. The van der Waals surface area contributed by atoms with E-state index in [9.17, 15) is 0 Å². The highest BCUT2D eigenvalue weighted by Gasteiger charge is 2.18.